The minimum atomic E-state index is -0.0671. The number of thiazole rings is 1. The van der Waals surface area contributed by atoms with Gasteiger partial charge in [0.15, 0.2) is 0 Å². The van der Waals surface area contributed by atoms with Gasteiger partial charge in [-0.05, 0) is 31.7 Å². The number of nitrogens with one attached hydrogen (secondary N) is 1. The van der Waals surface area contributed by atoms with Crippen molar-refractivity contribution in [1.82, 2.24) is 24.8 Å². The molecule has 0 spiro atoms. The molecule has 0 bridgehead atoms. The molecule has 0 aromatic carbocycles. The minimum Gasteiger partial charge on any atom is -0.383 e. The topological polar surface area (TPSA) is 81.9 Å². The van der Waals surface area contributed by atoms with E-state index in [1.165, 1.54) is 32.1 Å². The molecular formula is C23H29N5O2S. The number of methoxy groups -OCH3 is 1. The van der Waals surface area contributed by atoms with Crippen LogP contribution in [0.3, 0.4) is 0 Å². The average molecular weight is 440 g/mol. The Kier molecular flexibility index (Phi) is 7.09. The highest BCUT2D eigenvalue weighted by atomic mass is 32.1. The second kappa shape index (κ2) is 10.2. The Morgan fingerprint density at radius 1 is 1.26 bits per heavy atom. The van der Waals surface area contributed by atoms with E-state index < -0.39 is 0 Å². The SMILES string of the molecule is COCCNC(=O)c1cc(-c2csc(-c3cnccn3)n2)n(CC2CCCCC2)c1C. The molecule has 164 valence electrons. The Morgan fingerprint density at radius 2 is 2.10 bits per heavy atom. The van der Waals surface area contributed by atoms with Crippen LogP contribution in [0.25, 0.3) is 22.1 Å². The van der Waals surface area contributed by atoms with Gasteiger partial charge in [-0.3, -0.25) is 14.8 Å². The number of hydrogen-bond donors (Lipinski definition) is 1. The summed E-state index contributed by atoms with van der Waals surface area (Å²) >= 11 is 1.55. The van der Waals surface area contributed by atoms with Gasteiger partial charge < -0.3 is 14.6 Å². The van der Waals surface area contributed by atoms with Crippen molar-refractivity contribution < 1.29 is 9.53 Å². The van der Waals surface area contributed by atoms with Gasteiger partial charge in [0, 0.05) is 43.7 Å². The van der Waals surface area contributed by atoms with Crippen LogP contribution in [0.1, 0.15) is 48.2 Å². The third-order valence-electron chi connectivity index (χ3n) is 5.92. The van der Waals surface area contributed by atoms with Gasteiger partial charge in [0.05, 0.1) is 29.8 Å². The highest BCUT2D eigenvalue weighted by molar-refractivity contribution is 7.13. The molecule has 0 radical (unpaired) electrons. The molecule has 3 aromatic heterocycles. The highest BCUT2D eigenvalue weighted by Gasteiger charge is 2.23. The van der Waals surface area contributed by atoms with Gasteiger partial charge in [-0.1, -0.05) is 19.3 Å². The maximum Gasteiger partial charge on any atom is 0.253 e. The fourth-order valence-electron chi connectivity index (χ4n) is 4.23. The van der Waals surface area contributed by atoms with Gasteiger partial charge in [0.25, 0.3) is 5.91 Å². The first-order valence-corrected chi connectivity index (χ1v) is 11.7. The molecule has 3 aromatic rings. The molecular weight excluding hydrogens is 410 g/mol. The number of rotatable bonds is 8. The van der Waals surface area contributed by atoms with Crippen molar-refractivity contribution in [3.8, 4) is 22.1 Å². The van der Waals surface area contributed by atoms with Crippen LogP contribution >= 0.6 is 11.3 Å². The molecule has 7 nitrogen and oxygen atoms in total. The van der Waals surface area contributed by atoms with Crippen molar-refractivity contribution in [3.05, 3.63) is 41.3 Å². The van der Waals surface area contributed by atoms with Crippen molar-refractivity contribution in [1.29, 1.82) is 0 Å². The quantitative estimate of drug-likeness (QED) is 0.528. The molecule has 1 aliphatic rings. The first-order valence-electron chi connectivity index (χ1n) is 10.9. The Morgan fingerprint density at radius 3 is 2.84 bits per heavy atom. The van der Waals surface area contributed by atoms with E-state index in [-0.39, 0.29) is 5.91 Å². The molecule has 1 saturated carbocycles. The summed E-state index contributed by atoms with van der Waals surface area (Å²) in [5, 5.41) is 5.83. The van der Waals surface area contributed by atoms with E-state index in [9.17, 15) is 4.79 Å². The van der Waals surface area contributed by atoms with Crippen LogP contribution in [0.4, 0.5) is 0 Å². The van der Waals surface area contributed by atoms with Crippen LogP contribution in [0, 0.1) is 12.8 Å². The van der Waals surface area contributed by atoms with E-state index in [4.69, 9.17) is 9.72 Å². The second-order valence-corrected chi connectivity index (χ2v) is 8.88. The Bertz CT molecular complexity index is 1010. The third-order valence-corrected chi connectivity index (χ3v) is 6.78. The molecule has 3 heterocycles. The summed E-state index contributed by atoms with van der Waals surface area (Å²) in [6.07, 6.45) is 11.5. The van der Waals surface area contributed by atoms with Gasteiger partial charge in [0.1, 0.15) is 10.7 Å². The first-order chi connectivity index (χ1) is 15.2. The maximum atomic E-state index is 12.8. The number of carbonyl (C=O) groups excluding carboxylic acids is 1. The van der Waals surface area contributed by atoms with E-state index in [1.807, 2.05) is 18.4 Å². The second-order valence-electron chi connectivity index (χ2n) is 8.02. The van der Waals surface area contributed by atoms with Crippen LogP contribution in [-0.2, 0) is 11.3 Å². The van der Waals surface area contributed by atoms with E-state index in [0.29, 0.717) is 24.6 Å². The number of amides is 1. The monoisotopic (exact) mass is 439 g/mol. The summed E-state index contributed by atoms with van der Waals surface area (Å²) in [5.74, 6) is 0.573. The average Bonchev–Trinajstić information content (AvgIpc) is 3.41. The van der Waals surface area contributed by atoms with Crippen molar-refractivity contribution in [2.24, 2.45) is 5.92 Å². The Labute approximate surface area is 186 Å². The number of carbonyl (C=O) groups is 1. The normalized spacial score (nSPS) is 14.6. The first kappa shape index (κ1) is 21.6. The Hall–Kier alpha value is -2.58. The van der Waals surface area contributed by atoms with Crippen LogP contribution in [0.5, 0.6) is 0 Å². The number of aromatic nitrogens is 4. The van der Waals surface area contributed by atoms with Crippen LogP contribution in [0.2, 0.25) is 0 Å². The van der Waals surface area contributed by atoms with Gasteiger partial charge in [-0.25, -0.2) is 4.98 Å². The lowest BCUT2D eigenvalue weighted by Crippen LogP contribution is -2.27. The predicted molar refractivity (Wildman–Crippen MR) is 122 cm³/mol. The highest BCUT2D eigenvalue weighted by Crippen LogP contribution is 2.33. The summed E-state index contributed by atoms with van der Waals surface area (Å²) in [5.41, 5.74) is 4.32. The van der Waals surface area contributed by atoms with Crippen LogP contribution < -0.4 is 5.32 Å². The van der Waals surface area contributed by atoms with Crippen molar-refractivity contribution in [2.45, 2.75) is 45.6 Å². The van der Waals surface area contributed by atoms with Crippen molar-refractivity contribution >= 4 is 17.2 Å². The molecule has 31 heavy (non-hydrogen) atoms. The fourth-order valence-corrected chi connectivity index (χ4v) is 5.00. The van der Waals surface area contributed by atoms with Crippen LogP contribution in [0.15, 0.2) is 30.0 Å². The molecule has 1 amide bonds. The lowest BCUT2D eigenvalue weighted by molar-refractivity contribution is 0.0936. The van der Waals surface area contributed by atoms with E-state index >= 15 is 0 Å². The molecule has 8 heteroatoms. The number of ether oxygens (including phenoxy) is 1. The van der Waals surface area contributed by atoms with E-state index in [1.54, 1.807) is 37.0 Å². The minimum absolute atomic E-state index is 0.0671. The largest absolute Gasteiger partial charge is 0.383 e. The lowest BCUT2D eigenvalue weighted by atomic mass is 9.89. The zero-order valence-corrected chi connectivity index (χ0v) is 19.0. The van der Waals surface area contributed by atoms with Gasteiger partial charge in [-0.15, -0.1) is 11.3 Å². The molecule has 4 rings (SSSR count). The lowest BCUT2D eigenvalue weighted by Gasteiger charge is -2.24. The standard InChI is InChI=1S/C23H29N5O2S/c1-16-18(22(29)26-10-11-30-2)12-21(28(16)14-17-6-4-3-5-7-17)20-15-31-23(27-20)19-13-24-8-9-25-19/h8-9,12-13,15,17H,3-7,10-11,14H2,1-2H3,(H,26,29). The zero-order chi connectivity index (χ0) is 21.6. The van der Waals surface area contributed by atoms with Gasteiger partial charge in [0.2, 0.25) is 0 Å². The molecule has 0 atom stereocenters. The maximum absolute atomic E-state index is 12.8. The smallest absolute Gasteiger partial charge is 0.253 e. The summed E-state index contributed by atoms with van der Waals surface area (Å²) in [6.45, 7) is 3.94. The van der Waals surface area contributed by atoms with E-state index in [0.717, 1.165) is 34.3 Å². The number of nitrogens with zero attached hydrogens (tertiary/aromatic N) is 4. The van der Waals surface area contributed by atoms with Crippen molar-refractivity contribution in [2.75, 3.05) is 20.3 Å². The predicted octanol–water partition coefficient (Wildman–Crippen LogP) is 4.33. The molecule has 1 aliphatic carbocycles. The Balaban J connectivity index is 1.67. The number of hydrogen-bond acceptors (Lipinski definition) is 6. The molecule has 1 fully saturated rings. The third kappa shape index (κ3) is 5.02. The molecule has 0 aliphatic heterocycles. The van der Waals surface area contributed by atoms with Gasteiger partial charge >= 0.3 is 0 Å². The zero-order valence-electron chi connectivity index (χ0n) is 18.1. The molecule has 1 N–H and O–H groups in total. The summed E-state index contributed by atoms with van der Waals surface area (Å²) < 4.78 is 7.35. The molecule has 0 unspecified atom stereocenters. The van der Waals surface area contributed by atoms with Crippen LogP contribution in [-0.4, -0.2) is 45.7 Å². The molecule has 0 saturated heterocycles. The summed E-state index contributed by atoms with van der Waals surface area (Å²) in [7, 11) is 1.63. The summed E-state index contributed by atoms with van der Waals surface area (Å²) in [6, 6.07) is 1.98. The van der Waals surface area contributed by atoms with Gasteiger partial charge in [-0.2, -0.15) is 0 Å². The fraction of sp³-hybridized carbons (Fsp3) is 0.478. The van der Waals surface area contributed by atoms with E-state index in [2.05, 4.69) is 19.9 Å². The van der Waals surface area contributed by atoms with Crippen molar-refractivity contribution in [3.63, 3.8) is 0 Å². The summed E-state index contributed by atoms with van der Waals surface area (Å²) in [4.78, 5) is 26.2.